The van der Waals surface area contributed by atoms with Gasteiger partial charge in [-0.15, -0.1) is 11.8 Å². The van der Waals surface area contributed by atoms with Crippen LogP contribution in [0.4, 0.5) is 30.6 Å². The van der Waals surface area contributed by atoms with Crippen molar-refractivity contribution in [2.24, 2.45) is 0 Å². The molecule has 1 aromatic carbocycles. The minimum atomic E-state index is -4.53. The first kappa shape index (κ1) is 16.4. The Hall–Kier alpha value is -1.96. The summed E-state index contributed by atoms with van der Waals surface area (Å²) in [6, 6.07) is 8.23. The molecule has 0 amide bonds. The lowest BCUT2D eigenvalue weighted by molar-refractivity contribution is -0.141. The van der Waals surface area contributed by atoms with Gasteiger partial charge in [0.05, 0.1) is 5.69 Å². The van der Waals surface area contributed by atoms with Crippen LogP contribution in [0.25, 0.3) is 0 Å². The molecule has 0 aliphatic carbocycles. The van der Waals surface area contributed by atoms with Crippen LogP contribution in [-0.4, -0.2) is 22.8 Å². The number of thioether (sulfide) groups is 1. The second-order valence-corrected chi connectivity index (χ2v) is 5.16. The van der Waals surface area contributed by atoms with Crippen LogP contribution in [-0.2, 0) is 6.18 Å². The fourth-order valence-corrected chi connectivity index (χ4v) is 2.33. The molecule has 8 heteroatoms. The van der Waals surface area contributed by atoms with Crippen LogP contribution in [0.15, 0.2) is 35.2 Å². The fourth-order valence-electron chi connectivity index (χ4n) is 1.78. The molecule has 4 nitrogen and oxygen atoms in total. The largest absolute Gasteiger partial charge is 0.433 e. The van der Waals surface area contributed by atoms with Gasteiger partial charge in [-0.2, -0.15) is 18.2 Å². The van der Waals surface area contributed by atoms with Crippen molar-refractivity contribution in [3.05, 3.63) is 36.0 Å². The highest BCUT2D eigenvalue weighted by Gasteiger charge is 2.33. The molecule has 0 aliphatic rings. The van der Waals surface area contributed by atoms with Crippen LogP contribution in [0.5, 0.6) is 0 Å². The summed E-state index contributed by atoms with van der Waals surface area (Å²) in [4.78, 5) is 8.47. The maximum atomic E-state index is 12.9. The number of rotatable bonds is 5. The Bertz CT molecular complexity index is 646. The standard InChI is InChI=1S/C14H15F3N4S/c1-3-18-13-20-11(14(15,16)17)8-12(21-13)19-9-6-4-5-7-10(9)22-2/h4-8H,3H2,1-2H3,(H2,18,19,20,21). The maximum absolute atomic E-state index is 12.9. The Balaban J connectivity index is 2.39. The predicted octanol–water partition coefficient (Wildman–Crippen LogP) is 4.39. The third-order valence-corrected chi connectivity index (χ3v) is 3.52. The van der Waals surface area contributed by atoms with E-state index in [9.17, 15) is 13.2 Å². The first-order valence-electron chi connectivity index (χ1n) is 6.54. The predicted molar refractivity (Wildman–Crippen MR) is 82.7 cm³/mol. The van der Waals surface area contributed by atoms with E-state index >= 15 is 0 Å². The number of nitrogens with zero attached hydrogens (tertiary/aromatic N) is 2. The molecular formula is C14H15F3N4S. The molecule has 22 heavy (non-hydrogen) atoms. The van der Waals surface area contributed by atoms with Gasteiger partial charge in [-0.1, -0.05) is 12.1 Å². The molecular weight excluding hydrogens is 313 g/mol. The Kier molecular flexibility index (Phi) is 5.12. The lowest BCUT2D eigenvalue weighted by Crippen LogP contribution is -2.13. The zero-order valence-electron chi connectivity index (χ0n) is 12.0. The van der Waals surface area contributed by atoms with Gasteiger partial charge < -0.3 is 10.6 Å². The number of benzene rings is 1. The van der Waals surface area contributed by atoms with Crippen molar-refractivity contribution < 1.29 is 13.2 Å². The van der Waals surface area contributed by atoms with Gasteiger partial charge in [-0.3, -0.25) is 0 Å². The molecule has 1 heterocycles. The normalized spacial score (nSPS) is 11.3. The average molecular weight is 328 g/mol. The van der Waals surface area contributed by atoms with E-state index in [1.165, 1.54) is 11.8 Å². The number of aromatic nitrogens is 2. The summed E-state index contributed by atoms with van der Waals surface area (Å²) in [5.41, 5.74) is -0.285. The first-order chi connectivity index (χ1) is 10.4. The van der Waals surface area contributed by atoms with Crippen molar-refractivity contribution in [2.75, 3.05) is 23.4 Å². The minimum absolute atomic E-state index is 0.0542. The highest BCUT2D eigenvalue weighted by atomic mass is 32.2. The number of halogens is 3. The zero-order chi connectivity index (χ0) is 16.2. The van der Waals surface area contributed by atoms with E-state index in [2.05, 4.69) is 20.6 Å². The molecule has 118 valence electrons. The van der Waals surface area contributed by atoms with E-state index in [-0.39, 0.29) is 11.8 Å². The first-order valence-corrected chi connectivity index (χ1v) is 7.76. The minimum Gasteiger partial charge on any atom is -0.354 e. The lowest BCUT2D eigenvalue weighted by atomic mass is 10.3. The molecule has 1 aromatic heterocycles. The highest BCUT2D eigenvalue weighted by Crippen LogP contribution is 2.32. The van der Waals surface area contributed by atoms with Gasteiger partial charge in [0.1, 0.15) is 5.82 Å². The Morgan fingerprint density at radius 1 is 1.18 bits per heavy atom. The SMILES string of the molecule is CCNc1nc(Nc2ccccc2SC)cc(C(F)(F)F)n1. The quantitative estimate of drug-likeness (QED) is 0.797. The van der Waals surface area contributed by atoms with Crippen LogP contribution >= 0.6 is 11.8 Å². The van der Waals surface area contributed by atoms with Gasteiger partial charge in [-0.05, 0) is 25.3 Å². The summed E-state index contributed by atoms with van der Waals surface area (Å²) in [5, 5.41) is 5.63. The van der Waals surface area contributed by atoms with Crippen molar-refractivity contribution in [1.29, 1.82) is 0 Å². The number of nitrogens with one attached hydrogen (secondary N) is 2. The maximum Gasteiger partial charge on any atom is 0.433 e. The van der Waals surface area contributed by atoms with Crippen molar-refractivity contribution in [3.8, 4) is 0 Å². The number of hydrogen-bond acceptors (Lipinski definition) is 5. The van der Waals surface area contributed by atoms with Crippen LogP contribution < -0.4 is 10.6 Å². The van der Waals surface area contributed by atoms with Crippen LogP contribution in [0.1, 0.15) is 12.6 Å². The van der Waals surface area contributed by atoms with E-state index in [1.54, 1.807) is 19.1 Å². The summed E-state index contributed by atoms with van der Waals surface area (Å²) < 4.78 is 38.8. The van der Waals surface area contributed by atoms with Gasteiger partial charge in [-0.25, -0.2) is 4.98 Å². The zero-order valence-corrected chi connectivity index (χ0v) is 12.8. The van der Waals surface area contributed by atoms with Gasteiger partial charge in [0.25, 0.3) is 0 Å². The van der Waals surface area contributed by atoms with E-state index in [4.69, 9.17) is 0 Å². The number of alkyl halides is 3. The molecule has 0 atom stereocenters. The van der Waals surface area contributed by atoms with E-state index in [0.29, 0.717) is 12.2 Å². The van der Waals surface area contributed by atoms with Crippen LogP contribution in [0, 0.1) is 0 Å². The summed E-state index contributed by atoms with van der Waals surface area (Å²) in [7, 11) is 0. The Morgan fingerprint density at radius 2 is 1.91 bits per heavy atom. The van der Waals surface area contributed by atoms with E-state index < -0.39 is 11.9 Å². The summed E-state index contributed by atoms with van der Waals surface area (Å²) in [6.07, 6.45) is -2.63. The Labute approximate surface area is 130 Å². The number of hydrogen-bond donors (Lipinski definition) is 2. The molecule has 0 aliphatic heterocycles. The fraction of sp³-hybridized carbons (Fsp3) is 0.286. The van der Waals surface area contributed by atoms with Crippen LogP contribution in [0.2, 0.25) is 0 Å². The van der Waals surface area contributed by atoms with E-state index in [0.717, 1.165) is 11.0 Å². The molecule has 2 aromatic rings. The van der Waals surface area contributed by atoms with Gasteiger partial charge >= 0.3 is 6.18 Å². The molecule has 0 saturated carbocycles. The smallest absolute Gasteiger partial charge is 0.354 e. The topological polar surface area (TPSA) is 49.8 Å². The molecule has 0 fully saturated rings. The molecule has 2 N–H and O–H groups in total. The summed E-state index contributed by atoms with van der Waals surface area (Å²) in [6.45, 7) is 2.20. The van der Waals surface area contributed by atoms with Crippen LogP contribution in [0.3, 0.4) is 0 Å². The Morgan fingerprint density at radius 3 is 2.55 bits per heavy atom. The van der Waals surface area contributed by atoms with Gasteiger partial charge in [0, 0.05) is 17.5 Å². The van der Waals surface area contributed by atoms with Crippen molar-refractivity contribution in [2.45, 2.75) is 18.0 Å². The third-order valence-electron chi connectivity index (χ3n) is 2.72. The third kappa shape index (κ3) is 4.03. The van der Waals surface area contributed by atoms with Gasteiger partial charge in [0.15, 0.2) is 5.69 Å². The van der Waals surface area contributed by atoms with Gasteiger partial charge in [0.2, 0.25) is 5.95 Å². The number of para-hydroxylation sites is 1. The number of anilines is 3. The van der Waals surface area contributed by atoms with Crippen molar-refractivity contribution in [3.63, 3.8) is 0 Å². The second-order valence-electron chi connectivity index (χ2n) is 4.32. The molecule has 0 bridgehead atoms. The van der Waals surface area contributed by atoms with E-state index in [1.807, 2.05) is 18.4 Å². The average Bonchev–Trinajstić information content (AvgIpc) is 2.47. The molecule has 2 rings (SSSR count). The lowest BCUT2D eigenvalue weighted by Gasteiger charge is -2.13. The second kappa shape index (κ2) is 6.87. The molecule has 0 radical (unpaired) electrons. The van der Waals surface area contributed by atoms with Crippen molar-refractivity contribution in [1.82, 2.24) is 9.97 Å². The molecule has 0 spiro atoms. The highest BCUT2D eigenvalue weighted by molar-refractivity contribution is 7.98. The summed E-state index contributed by atoms with van der Waals surface area (Å²) in [5.74, 6) is 0.0428. The van der Waals surface area contributed by atoms with Crippen molar-refractivity contribution >= 4 is 29.2 Å². The summed E-state index contributed by atoms with van der Waals surface area (Å²) >= 11 is 1.50. The molecule has 0 saturated heterocycles. The molecule has 0 unspecified atom stereocenters. The monoisotopic (exact) mass is 328 g/mol.